The molecule has 0 aliphatic heterocycles. The van der Waals surface area contributed by atoms with Crippen molar-refractivity contribution < 1.29 is 14.6 Å². The normalized spacial score (nSPS) is 15.6. The Bertz CT molecular complexity index is 321. The second-order valence-electron chi connectivity index (χ2n) is 4.13. The molecule has 0 heterocycles. The summed E-state index contributed by atoms with van der Waals surface area (Å²) in [7, 11) is 0. The van der Waals surface area contributed by atoms with Gasteiger partial charge in [-0.25, -0.2) is 0 Å². The molecule has 0 saturated heterocycles. The highest BCUT2D eigenvalue weighted by Gasteiger charge is 2.18. The van der Waals surface area contributed by atoms with Crippen molar-refractivity contribution in [1.29, 1.82) is 0 Å². The summed E-state index contributed by atoms with van der Waals surface area (Å²) in [5.41, 5.74) is 0. The van der Waals surface area contributed by atoms with Crippen molar-refractivity contribution in [1.82, 2.24) is 0 Å². The number of hydrogen-bond donors (Lipinski definition) is 1. The van der Waals surface area contributed by atoms with Gasteiger partial charge in [-0.05, 0) is 30.9 Å². The smallest absolute Gasteiger partial charge is 0.161 e. The highest BCUT2D eigenvalue weighted by Crippen LogP contribution is 2.30. The summed E-state index contributed by atoms with van der Waals surface area (Å²) in [5.74, 6) is 2.21. The summed E-state index contributed by atoms with van der Waals surface area (Å²) in [6.45, 7) is 1.11. The molecule has 1 N–H and O–H groups in total. The number of benzene rings is 1. The Morgan fingerprint density at radius 3 is 2.38 bits per heavy atom. The summed E-state index contributed by atoms with van der Waals surface area (Å²) >= 11 is 0. The van der Waals surface area contributed by atoms with Crippen LogP contribution in [0, 0.1) is 5.92 Å². The molecule has 16 heavy (non-hydrogen) atoms. The fourth-order valence-corrected chi connectivity index (χ4v) is 1.71. The number of rotatable bonds is 6. The van der Waals surface area contributed by atoms with Gasteiger partial charge in [0, 0.05) is 0 Å². The van der Waals surface area contributed by atoms with E-state index in [1.807, 2.05) is 24.3 Å². The number of hydrogen-bond acceptors (Lipinski definition) is 3. The first kappa shape index (κ1) is 11.3. The third-order valence-electron chi connectivity index (χ3n) is 2.90. The van der Waals surface area contributed by atoms with Gasteiger partial charge < -0.3 is 14.6 Å². The van der Waals surface area contributed by atoms with Crippen LogP contribution in [0.4, 0.5) is 0 Å². The highest BCUT2D eigenvalue weighted by molar-refractivity contribution is 5.39. The molecule has 3 heteroatoms. The van der Waals surface area contributed by atoms with Crippen molar-refractivity contribution in [2.24, 2.45) is 5.92 Å². The lowest BCUT2D eigenvalue weighted by Gasteiger charge is -2.25. The Balaban J connectivity index is 1.89. The number of aliphatic hydroxyl groups excluding tert-OH is 1. The van der Waals surface area contributed by atoms with Gasteiger partial charge in [0.2, 0.25) is 0 Å². The van der Waals surface area contributed by atoms with E-state index >= 15 is 0 Å². The monoisotopic (exact) mass is 222 g/mol. The maximum atomic E-state index is 8.72. The van der Waals surface area contributed by atoms with Crippen molar-refractivity contribution >= 4 is 0 Å². The molecule has 0 amide bonds. The van der Waals surface area contributed by atoms with Crippen molar-refractivity contribution in [2.45, 2.75) is 19.3 Å². The van der Waals surface area contributed by atoms with Gasteiger partial charge in [0.15, 0.2) is 11.5 Å². The van der Waals surface area contributed by atoms with Crippen LogP contribution in [0.2, 0.25) is 0 Å². The lowest BCUT2D eigenvalue weighted by molar-refractivity contribution is 0.165. The van der Waals surface area contributed by atoms with E-state index in [0.717, 1.165) is 18.1 Å². The van der Waals surface area contributed by atoms with E-state index in [1.165, 1.54) is 19.3 Å². The third-order valence-corrected chi connectivity index (χ3v) is 2.90. The fourth-order valence-electron chi connectivity index (χ4n) is 1.71. The molecule has 0 spiro atoms. The summed E-state index contributed by atoms with van der Waals surface area (Å²) in [6.07, 6.45) is 3.88. The van der Waals surface area contributed by atoms with E-state index in [9.17, 15) is 0 Å². The van der Waals surface area contributed by atoms with E-state index in [1.54, 1.807) is 0 Å². The molecule has 2 rings (SSSR count). The Morgan fingerprint density at radius 2 is 1.81 bits per heavy atom. The summed E-state index contributed by atoms with van der Waals surface area (Å²) < 4.78 is 11.1. The molecule has 3 nitrogen and oxygen atoms in total. The van der Waals surface area contributed by atoms with E-state index in [-0.39, 0.29) is 6.61 Å². The van der Waals surface area contributed by atoms with Crippen LogP contribution in [0.5, 0.6) is 11.5 Å². The minimum Gasteiger partial charge on any atom is -0.489 e. The third kappa shape index (κ3) is 2.89. The van der Waals surface area contributed by atoms with Crippen LogP contribution < -0.4 is 9.47 Å². The maximum Gasteiger partial charge on any atom is 0.161 e. The molecule has 0 bridgehead atoms. The van der Waals surface area contributed by atoms with Crippen LogP contribution in [0.1, 0.15) is 19.3 Å². The predicted octanol–water partition coefficient (Wildman–Crippen LogP) is 2.24. The molecule has 1 saturated carbocycles. The van der Waals surface area contributed by atoms with E-state index in [4.69, 9.17) is 14.6 Å². The van der Waals surface area contributed by atoms with Crippen LogP contribution in [0.15, 0.2) is 24.3 Å². The number of aliphatic hydroxyl groups is 1. The Morgan fingerprint density at radius 1 is 1.12 bits per heavy atom. The van der Waals surface area contributed by atoms with Gasteiger partial charge in [-0.3, -0.25) is 0 Å². The molecule has 1 aliphatic carbocycles. The topological polar surface area (TPSA) is 38.7 Å². The van der Waals surface area contributed by atoms with Crippen LogP contribution >= 0.6 is 0 Å². The first-order valence-electron chi connectivity index (χ1n) is 5.85. The number of ether oxygens (including phenoxy) is 2. The Hall–Kier alpha value is -1.22. The maximum absolute atomic E-state index is 8.72. The van der Waals surface area contributed by atoms with E-state index in [0.29, 0.717) is 12.5 Å². The van der Waals surface area contributed by atoms with E-state index in [2.05, 4.69) is 0 Å². The molecular weight excluding hydrogens is 204 g/mol. The van der Waals surface area contributed by atoms with Gasteiger partial charge in [-0.2, -0.15) is 0 Å². The first-order chi connectivity index (χ1) is 7.90. The summed E-state index contributed by atoms with van der Waals surface area (Å²) in [5, 5.41) is 8.72. The van der Waals surface area contributed by atoms with Crippen LogP contribution in [0.3, 0.4) is 0 Å². The lowest BCUT2D eigenvalue weighted by atomic mass is 9.86. The Labute approximate surface area is 96.0 Å². The van der Waals surface area contributed by atoms with Gasteiger partial charge in [0.25, 0.3) is 0 Å². The molecule has 0 unspecified atom stereocenters. The second kappa shape index (κ2) is 5.75. The summed E-state index contributed by atoms with van der Waals surface area (Å²) in [6, 6.07) is 7.61. The zero-order chi connectivity index (χ0) is 11.2. The zero-order valence-corrected chi connectivity index (χ0v) is 9.39. The van der Waals surface area contributed by atoms with Crippen molar-refractivity contribution in [3.8, 4) is 11.5 Å². The van der Waals surface area contributed by atoms with Gasteiger partial charge in [-0.15, -0.1) is 0 Å². The highest BCUT2D eigenvalue weighted by atomic mass is 16.5. The second-order valence-corrected chi connectivity index (χ2v) is 4.13. The molecule has 1 aromatic rings. The quantitative estimate of drug-likeness (QED) is 0.802. The van der Waals surface area contributed by atoms with Gasteiger partial charge in [0.05, 0.1) is 13.2 Å². The lowest BCUT2D eigenvalue weighted by Crippen LogP contribution is -2.19. The van der Waals surface area contributed by atoms with Crippen molar-refractivity contribution in [3.63, 3.8) is 0 Å². The average molecular weight is 222 g/mol. The van der Waals surface area contributed by atoms with Gasteiger partial charge in [-0.1, -0.05) is 18.6 Å². The van der Waals surface area contributed by atoms with Crippen molar-refractivity contribution in [3.05, 3.63) is 24.3 Å². The molecule has 0 radical (unpaired) electrons. The molecule has 1 aliphatic rings. The first-order valence-corrected chi connectivity index (χ1v) is 5.85. The van der Waals surface area contributed by atoms with Crippen LogP contribution in [-0.2, 0) is 0 Å². The predicted molar refractivity (Wildman–Crippen MR) is 61.9 cm³/mol. The van der Waals surface area contributed by atoms with Crippen molar-refractivity contribution in [2.75, 3.05) is 19.8 Å². The molecular formula is C13H18O3. The summed E-state index contributed by atoms with van der Waals surface area (Å²) in [4.78, 5) is 0. The largest absolute Gasteiger partial charge is 0.489 e. The minimum absolute atomic E-state index is 0.0248. The molecule has 0 atom stereocenters. The molecule has 1 aromatic carbocycles. The fraction of sp³-hybridized carbons (Fsp3) is 0.538. The number of para-hydroxylation sites is 2. The standard InChI is InChI=1S/C13H18O3/c14-8-9-15-12-6-1-2-7-13(12)16-10-11-4-3-5-11/h1-2,6-7,11,14H,3-5,8-10H2. The van der Waals surface area contributed by atoms with Crippen LogP contribution in [-0.4, -0.2) is 24.9 Å². The zero-order valence-electron chi connectivity index (χ0n) is 9.39. The SMILES string of the molecule is OCCOc1ccccc1OCC1CCC1. The molecule has 0 aromatic heterocycles. The van der Waals surface area contributed by atoms with Gasteiger partial charge >= 0.3 is 0 Å². The Kier molecular flexibility index (Phi) is 4.05. The van der Waals surface area contributed by atoms with Gasteiger partial charge in [0.1, 0.15) is 6.61 Å². The minimum atomic E-state index is 0.0248. The molecule has 1 fully saturated rings. The van der Waals surface area contributed by atoms with E-state index < -0.39 is 0 Å². The van der Waals surface area contributed by atoms with Crippen LogP contribution in [0.25, 0.3) is 0 Å². The average Bonchev–Trinajstić information content (AvgIpc) is 2.26. The molecule has 88 valence electrons.